The Labute approximate surface area is 271 Å². The number of amides is 1. The van der Waals surface area contributed by atoms with E-state index in [-0.39, 0.29) is 22.4 Å². The highest BCUT2D eigenvalue weighted by molar-refractivity contribution is 7.90. The van der Waals surface area contributed by atoms with Gasteiger partial charge in [-0.15, -0.1) is 0 Å². The zero-order chi connectivity index (χ0) is 32.3. The van der Waals surface area contributed by atoms with Crippen molar-refractivity contribution in [2.45, 2.75) is 42.7 Å². The lowest BCUT2D eigenvalue weighted by Gasteiger charge is -2.42. The number of nitrogens with two attached hydrogens (primary N) is 1. The summed E-state index contributed by atoms with van der Waals surface area (Å²) in [6, 6.07) is 15.3. The van der Waals surface area contributed by atoms with Gasteiger partial charge in [0.15, 0.2) is 27.2 Å². The molecule has 3 aliphatic rings. The monoisotopic (exact) mass is 648 g/mol. The Morgan fingerprint density at radius 2 is 1.61 bits per heavy atom. The number of hydrogen-bond acceptors (Lipinski definition) is 11. The molecule has 2 aromatic carbocycles. The third kappa shape index (κ3) is 7.60. The molecule has 12 nitrogen and oxygen atoms in total. The lowest BCUT2D eigenvalue weighted by molar-refractivity contribution is 0.0904. The molecule has 0 aliphatic carbocycles. The van der Waals surface area contributed by atoms with Gasteiger partial charge in [0.1, 0.15) is 5.69 Å². The molecule has 3 saturated heterocycles. The van der Waals surface area contributed by atoms with E-state index in [0.29, 0.717) is 36.3 Å². The van der Waals surface area contributed by atoms with E-state index < -0.39 is 15.7 Å². The molecular weight excluding hydrogens is 604 g/mol. The summed E-state index contributed by atoms with van der Waals surface area (Å²) in [6.45, 7) is 7.86. The van der Waals surface area contributed by atoms with Gasteiger partial charge < -0.3 is 30.9 Å². The van der Waals surface area contributed by atoms with E-state index in [1.807, 2.05) is 12.1 Å². The summed E-state index contributed by atoms with van der Waals surface area (Å²) in [6.07, 6.45) is 5.02. The second kappa shape index (κ2) is 13.9. The minimum Gasteiger partial charge on any atom is -0.381 e. The van der Waals surface area contributed by atoms with Gasteiger partial charge >= 0.3 is 0 Å². The molecule has 0 atom stereocenters. The number of hydrogen-bond donors (Lipinski definition) is 3. The van der Waals surface area contributed by atoms with Crippen molar-refractivity contribution < 1.29 is 17.9 Å². The van der Waals surface area contributed by atoms with E-state index in [1.165, 1.54) is 6.07 Å². The number of rotatable bonds is 9. The zero-order valence-electron chi connectivity index (χ0n) is 26.6. The van der Waals surface area contributed by atoms with Gasteiger partial charge in [-0.05, 0) is 69.1 Å². The molecule has 0 saturated carbocycles. The van der Waals surface area contributed by atoms with Crippen molar-refractivity contribution >= 4 is 38.8 Å². The number of nitrogens with zero attached hydrogens (tertiary/aromatic N) is 5. The van der Waals surface area contributed by atoms with Gasteiger partial charge in [-0.3, -0.25) is 9.69 Å². The molecule has 3 aromatic rings. The highest BCUT2D eigenvalue weighted by Gasteiger charge is 2.27. The van der Waals surface area contributed by atoms with Crippen molar-refractivity contribution in [1.82, 2.24) is 19.8 Å². The van der Waals surface area contributed by atoms with Crippen molar-refractivity contribution in [3.63, 3.8) is 0 Å². The van der Waals surface area contributed by atoms with Gasteiger partial charge in [0.05, 0.1) is 4.90 Å². The van der Waals surface area contributed by atoms with Crippen molar-refractivity contribution in [3.05, 3.63) is 54.2 Å². The number of primary amides is 1. The lowest BCUT2D eigenvalue weighted by atomic mass is 10.0. The second-order valence-corrected chi connectivity index (χ2v) is 14.6. The molecule has 0 bridgehead atoms. The van der Waals surface area contributed by atoms with Crippen LogP contribution in [0.1, 0.15) is 36.2 Å². The molecule has 246 valence electrons. The van der Waals surface area contributed by atoms with Crippen molar-refractivity contribution in [2.24, 2.45) is 5.73 Å². The van der Waals surface area contributed by atoms with Crippen molar-refractivity contribution in [2.75, 3.05) is 81.3 Å². The number of piperazine rings is 1. The van der Waals surface area contributed by atoms with Gasteiger partial charge in [0.2, 0.25) is 0 Å². The van der Waals surface area contributed by atoms with E-state index in [1.54, 1.807) is 18.2 Å². The second-order valence-electron chi connectivity index (χ2n) is 12.5. The van der Waals surface area contributed by atoms with E-state index in [2.05, 4.69) is 49.5 Å². The van der Waals surface area contributed by atoms with Crippen LogP contribution in [0.5, 0.6) is 0 Å². The average molecular weight is 649 g/mol. The summed E-state index contributed by atoms with van der Waals surface area (Å²) in [5.74, 6) is -0.0799. The van der Waals surface area contributed by atoms with E-state index in [4.69, 9.17) is 15.5 Å². The first-order valence-electron chi connectivity index (χ1n) is 16.1. The number of sulfone groups is 1. The quantitative estimate of drug-likeness (QED) is 0.315. The molecule has 4 heterocycles. The zero-order valence-corrected chi connectivity index (χ0v) is 27.4. The van der Waals surface area contributed by atoms with E-state index in [0.717, 1.165) is 82.6 Å². The first-order chi connectivity index (χ1) is 22.1. The summed E-state index contributed by atoms with van der Waals surface area (Å²) < 4.78 is 30.1. The van der Waals surface area contributed by atoms with Gasteiger partial charge in [-0.25, -0.2) is 18.4 Å². The van der Waals surface area contributed by atoms with Crippen LogP contribution in [0.4, 0.5) is 23.0 Å². The number of likely N-dealkylation sites (N-methyl/N-ethyl adjacent to an activating group) is 1. The summed E-state index contributed by atoms with van der Waals surface area (Å²) >= 11 is 0. The first-order valence-corrected chi connectivity index (χ1v) is 17.9. The van der Waals surface area contributed by atoms with Gasteiger partial charge in [-0.1, -0.05) is 12.1 Å². The molecule has 0 spiro atoms. The van der Waals surface area contributed by atoms with Gasteiger partial charge in [0, 0.05) is 87.8 Å². The summed E-state index contributed by atoms with van der Waals surface area (Å²) in [4.78, 5) is 29.8. The number of anilines is 4. The maximum atomic E-state index is 12.7. The summed E-state index contributed by atoms with van der Waals surface area (Å²) in [5, 5.41) is 6.74. The summed E-state index contributed by atoms with van der Waals surface area (Å²) in [5.41, 5.74) is 8.55. The number of aromatic nitrogens is 2. The SMILES string of the molecule is CN1CCN(C2CCN(c3ccc(Nc4nc(NC5CCOCC5)c(-c5cccc(S(C)(=O)=O)c5)nc4C(N)=O)cc3)CC2)CC1. The van der Waals surface area contributed by atoms with Crippen molar-refractivity contribution in [1.29, 1.82) is 0 Å². The predicted molar refractivity (Wildman–Crippen MR) is 181 cm³/mol. The van der Waals surface area contributed by atoms with Gasteiger partial charge in [-0.2, -0.15) is 0 Å². The molecular formula is C33H44N8O4S. The highest BCUT2D eigenvalue weighted by atomic mass is 32.2. The molecule has 0 radical (unpaired) electrons. The third-order valence-corrected chi connectivity index (χ3v) is 10.4. The van der Waals surface area contributed by atoms with Crippen LogP contribution in [0, 0.1) is 0 Å². The van der Waals surface area contributed by atoms with Crippen LogP contribution < -0.4 is 21.3 Å². The number of benzene rings is 2. The van der Waals surface area contributed by atoms with E-state index >= 15 is 0 Å². The molecule has 3 fully saturated rings. The van der Waals surface area contributed by atoms with Crippen LogP contribution in [0.2, 0.25) is 0 Å². The number of nitrogens with one attached hydrogen (secondary N) is 2. The Morgan fingerprint density at radius 3 is 2.26 bits per heavy atom. The smallest absolute Gasteiger partial charge is 0.271 e. The number of piperidine rings is 1. The Bertz CT molecular complexity index is 1630. The van der Waals surface area contributed by atoms with Crippen LogP contribution in [0.3, 0.4) is 0 Å². The van der Waals surface area contributed by atoms with Crippen molar-refractivity contribution in [3.8, 4) is 11.3 Å². The molecule has 46 heavy (non-hydrogen) atoms. The van der Waals surface area contributed by atoms with Crippen LogP contribution in [-0.2, 0) is 14.6 Å². The Hall–Kier alpha value is -3.78. The van der Waals surface area contributed by atoms with Crippen LogP contribution in [0.25, 0.3) is 11.3 Å². The third-order valence-electron chi connectivity index (χ3n) is 9.24. The normalized spacial score (nSPS) is 19.2. The minimum absolute atomic E-state index is 0.0349. The van der Waals surface area contributed by atoms with E-state index in [9.17, 15) is 13.2 Å². The fourth-order valence-electron chi connectivity index (χ4n) is 6.47. The number of ether oxygens (including phenoxy) is 1. The van der Waals surface area contributed by atoms with Crippen LogP contribution >= 0.6 is 0 Å². The minimum atomic E-state index is -3.47. The average Bonchev–Trinajstić information content (AvgIpc) is 3.06. The largest absolute Gasteiger partial charge is 0.381 e. The molecule has 6 rings (SSSR count). The predicted octanol–water partition coefficient (Wildman–Crippen LogP) is 3.20. The fourth-order valence-corrected chi connectivity index (χ4v) is 7.14. The lowest BCUT2D eigenvalue weighted by Crippen LogP contribution is -2.52. The number of carbonyl (C=O) groups is 1. The molecule has 0 unspecified atom stereocenters. The molecule has 13 heteroatoms. The Balaban J connectivity index is 1.23. The molecule has 1 aromatic heterocycles. The van der Waals surface area contributed by atoms with Crippen LogP contribution in [0.15, 0.2) is 53.4 Å². The Kier molecular flexibility index (Phi) is 9.73. The number of carbonyl (C=O) groups excluding carboxylic acids is 1. The topological polar surface area (TPSA) is 146 Å². The molecule has 3 aliphatic heterocycles. The first kappa shape index (κ1) is 32.2. The Morgan fingerprint density at radius 1 is 0.913 bits per heavy atom. The molecule has 4 N–H and O–H groups in total. The van der Waals surface area contributed by atoms with Gasteiger partial charge in [0.25, 0.3) is 5.91 Å². The maximum absolute atomic E-state index is 12.7. The standard InChI is InChI=1S/C33H44N8O4S/c1-39-16-18-41(19-17-39)27-10-14-40(15-11-27)26-8-6-24(7-9-26)35-33-30(31(34)42)37-29(23-4-3-5-28(22-23)46(2,43)44)32(38-33)36-25-12-20-45-21-13-25/h3-9,22,25,27H,10-21H2,1-2H3,(H2,34,42)(H2,35,36,38). The summed E-state index contributed by atoms with van der Waals surface area (Å²) in [7, 11) is -1.27. The molecule has 1 amide bonds. The maximum Gasteiger partial charge on any atom is 0.271 e. The fraction of sp³-hybridized carbons (Fsp3) is 0.485. The highest BCUT2D eigenvalue weighted by Crippen LogP contribution is 2.32. The van der Waals surface area contributed by atoms with Crippen LogP contribution in [-0.4, -0.2) is 112 Å².